The molecule has 2 aromatic heterocycles. The van der Waals surface area contributed by atoms with Gasteiger partial charge in [-0.15, -0.1) is 11.3 Å². The lowest BCUT2D eigenvalue weighted by molar-refractivity contribution is 0.104. The first kappa shape index (κ1) is 25.4. The van der Waals surface area contributed by atoms with Crippen LogP contribution in [0.25, 0.3) is 27.5 Å². The van der Waals surface area contributed by atoms with Crippen molar-refractivity contribution in [1.82, 2.24) is 4.57 Å². The second kappa shape index (κ2) is 10.6. The summed E-state index contributed by atoms with van der Waals surface area (Å²) in [5.41, 5.74) is 7.18. The van der Waals surface area contributed by atoms with Crippen LogP contribution in [-0.4, -0.2) is 36.7 Å². The molecule has 5 nitrogen and oxygen atoms in total. The molecule has 0 fully saturated rings. The zero-order valence-electron chi connectivity index (χ0n) is 21.6. The number of hydrogen-bond acceptors (Lipinski definition) is 5. The summed E-state index contributed by atoms with van der Waals surface area (Å²) in [5, 5.41) is 8.08. The highest BCUT2D eigenvalue weighted by Crippen LogP contribution is 2.34. The molecule has 5 rings (SSSR count). The summed E-state index contributed by atoms with van der Waals surface area (Å²) in [6.45, 7) is 7.47. The molecule has 3 aromatic carbocycles. The number of thiophene rings is 1. The van der Waals surface area contributed by atoms with E-state index in [1.165, 1.54) is 11.3 Å². The van der Waals surface area contributed by atoms with Crippen LogP contribution in [0.15, 0.2) is 101 Å². The number of fused-ring (bicyclic) bond motifs is 3. The fourth-order valence-corrected chi connectivity index (χ4v) is 5.18. The summed E-state index contributed by atoms with van der Waals surface area (Å²) in [6, 6.07) is 24.1. The highest BCUT2D eigenvalue weighted by molar-refractivity contribution is 7.12. The third-order valence-electron chi connectivity index (χ3n) is 6.49. The number of allylic oxidation sites excluding steroid dienone is 1. The van der Waals surface area contributed by atoms with Crippen molar-refractivity contribution in [3.63, 3.8) is 0 Å². The topological polar surface area (TPSA) is 55.9 Å². The number of nitrogens with zero attached hydrogens (tertiary/aromatic N) is 3. The normalized spacial score (nSPS) is 12.3. The van der Waals surface area contributed by atoms with Crippen LogP contribution in [0.3, 0.4) is 0 Å². The smallest absolute Gasteiger partial charge is 0.202 e. The van der Waals surface area contributed by atoms with Crippen molar-refractivity contribution in [2.45, 2.75) is 20.2 Å². The van der Waals surface area contributed by atoms with Gasteiger partial charge in [-0.2, -0.15) is 0 Å². The van der Waals surface area contributed by atoms with Gasteiger partial charge in [-0.3, -0.25) is 9.79 Å². The van der Waals surface area contributed by atoms with Crippen molar-refractivity contribution < 1.29 is 9.63 Å². The Morgan fingerprint density at radius 3 is 2.16 bits per heavy atom. The van der Waals surface area contributed by atoms with E-state index in [-0.39, 0.29) is 12.1 Å². The largest absolute Gasteiger partial charge is 0.362 e. The molecule has 0 bridgehead atoms. The number of aliphatic imine (C=N–C) groups is 1. The molecule has 0 aliphatic carbocycles. The first-order chi connectivity index (χ1) is 18.4. The van der Waals surface area contributed by atoms with Crippen molar-refractivity contribution in [3.8, 4) is 5.69 Å². The molecule has 0 unspecified atom stereocenters. The predicted molar refractivity (Wildman–Crippen MR) is 160 cm³/mol. The standard InChI is InChI=1S/C31H26BN3O2S/c1-19(2)37-34-27(18-32)22-9-13-28-25(16-22)26-17-23(31(36)30-6-5-15-38-30)10-14-29(26)35(28)24-11-7-21(8-12-24)20(3)33-4/h5-17H,1,18H2,2-4H3/b33-20?,34-27-. The van der Waals surface area contributed by atoms with E-state index >= 15 is 0 Å². The van der Waals surface area contributed by atoms with Crippen LogP contribution >= 0.6 is 11.3 Å². The molecular formula is C31H26BN3O2S. The van der Waals surface area contributed by atoms with E-state index < -0.39 is 0 Å². The fourth-order valence-electron chi connectivity index (χ4n) is 4.49. The molecule has 5 aromatic rings. The Morgan fingerprint density at radius 2 is 1.58 bits per heavy atom. The van der Waals surface area contributed by atoms with Crippen molar-refractivity contribution in [3.05, 3.63) is 112 Å². The lowest BCUT2D eigenvalue weighted by Gasteiger charge is -2.10. The highest BCUT2D eigenvalue weighted by Gasteiger charge is 2.18. The zero-order chi connectivity index (χ0) is 26.8. The Hall–Kier alpha value is -4.23. The summed E-state index contributed by atoms with van der Waals surface area (Å²) < 4.78 is 2.21. The zero-order valence-corrected chi connectivity index (χ0v) is 22.4. The minimum Gasteiger partial charge on any atom is -0.362 e. The van der Waals surface area contributed by atoms with E-state index in [0.717, 1.165) is 44.3 Å². The molecule has 0 saturated carbocycles. The van der Waals surface area contributed by atoms with Crippen LogP contribution in [0.2, 0.25) is 6.32 Å². The molecule has 0 saturated heterocycles. The maximum atomic E-state index is 13.2. The minimum atomic E-state index is 0.0108. The monoisotopic (exact) mass is 515 g/mol. The number of aromatic nitrogens is 1. The van der Waals surface area contributed by atoms with Crippen LogP contribution in [0.4, 0.5) is 0 Å². The molecule has 186 valence electrons. The number of carbonyl (C=O) groups excluding carboxylic acids is 1. The van der Waals surface area contributed by atoms with E-state index in [9.17, 15) is 4.79 Å². The summed E-state index contributed by atoms with van der Waals surface area (Å²) in [7, 11) is 7.81. The molecule has 0 spiro atoms. The predicted octanol–water partition coefficient (Wildman–Crippen LogP) is 7.36. The van der Waals surface area contributed by atoms with Crippen molar-refractivity contribution in [1.29, 1.82) is 0 Å². The molecule has 0 amide bonds. The molecule has 2 heterocycles. The second-order valence-corrected chi connectivity index (χ2v) is 9.94. The molecule has 0 aliphatic rings. The molecule has 2 radical (unpaired) electrons. The van der Waals surface area contributed by atoms with Gasteiger partial charge in [-0.25, -0.2) is 0 Å². The molecular weight excluding hydrogens is 489 g/mol. The number of hydrogen-bond donors (Lipinski definition) is 0. The Labute approximate surface area is 227 Å². The highest BCUT2D eigenvalue weighted by atomic mass is 32.1. The maximum absolute atomic E-state index is 13.2. The molecule has 7 heteroatoms. The van der Waals surface area contributed by atoms with Gasteiger partial charge in [0.05, 0.1) is 29.5 Å². The van der Waals surface area contributed by atoms with Gasteiger partial charge in [-0.1, -0.05) is 36.0 Å². The molecule has 38 heavy (non-hydrogen) atoms. The van der Waals surface area contributed by atoms with E-state index in [1.807, 2.05) is 48.7 Å². The Bertz CT molecular complexity index is 1730. The van der Waals surface area contributed by atoms with Gasteiger partial charge in [0.1, 0.15) is 5.76 Å². The van der Waals surface area contributed by atoms with Crippen LogP contribution < -0.4 is 0 Å². The quantitative estimate of drug-likeness (QED) is 0.0713. The lowest BCUT2D eigenvalue weighted by Crippen LogP contribution is -2.01. The summed E-state index contributed by atoms with van der Waals surface area (Å²) in [6.07, 6.45) is 0.208. The van der Waals surface area contributed by atoms with E-state index in [2.05, 4.69) is 57.7 Å². The van der Waals surface area contributed by atoms with Gasteiger partial charge in [-0.05, 0) is 85.2 Å². The number of oxime groups is 1. The Balaban J connectivity index is 1.74. The first-order valence-corrected chi connectivity index (χ1v) is 13.1. The fraction of sp³-hybridized carbons (Fsp3) is 0.129. The molecule has 0 atom stereocenters. The summed E-state index contributed by atoms with van der Waals surface area (Å²) >= 11 is 1.44. The van der Waals surface area contributed by atoms with E-state index in [4.69, 9.17) is 12.7 Å². The number of benzene rings is 3. The van der Waals surface area contributed by atoms with E-state index in [1.54, 1.807) is 14.0 Å². The van der Waals surface area contributed by atoms with E-state index in [0.29, 0.717) is 21.9 Å². The third-order valence-corrected chi connectivity index (χ3v) is 7.36. The van der Waals surface area contributed by atoms with Gasteiger partial charge in [0.25, 0.3) is 0 Å². The number of carbonyl (C=O) groups is 1. The number of rotatable bonds is 8. The molecule has 0 aliphatic heterocycles. The maximum Gasteiger partial charge on any atom is 0.202 e. The Kier molecular flexibility index (Phi) is 7.12. The third kappa shape index (κ3) is 4.73. The number of ketones is 1. The Morgan fingerprint density at radius 1 is 0.947 bits per heavy atom. The van der Waals surface area contributed by atoms with Crippen LogP contribution in [-0.2, 0) is 4.84 Å². The van der Waals surface area contributed by atoms with Crippen molar-refractivity contribution in [2.24, 2.45) is 10.1 Å². The van der Waals surface area contributed by atoms with Crippen LogP contribution in [0.5, 0.6) is 0 Å². The van der Waals surface area contributed by atoms with Gasteiger partial charge in [0, 0.05) is 34.8 Å². The van der Waals surface area contributed by atoms with Crippen molar-refractivity contribution in [2.75, 3.05) is 7.05 Å². The average molecular weight is 515 g/mol. The van der Waals surface area contributed by atoms with Gasteiger partial charge < -0.3 is 9.40 Å². The summed E-state index contributed by atoms with van der Waals surface area (Å²) in [4.78, 5) is 23.5. The van der Waals surface area contributed by atoms with Gasteiger partial charge in [0.2, 0.25) is 5.78 Å². The SMILES string of the molecule is [B]C/C(=N/OC(=C)C)c1ccc2c(c1)c1cc(C(=O)c3cccs3)ccc1n2-c1ccc(C(C)=NC)cc1. The molecule has 0 N–H and O–H groups in total. The van der Waals surface area contributed by atoms with Gasteiger partial charge in [0.15, 0.2) is 0 Å². The minimum absolute atomic E-state index is 0.0108. The van der Waals surface area contributed by atoms with Gasteiger partial charge >= 0.3 is 0 Å². The first-order valence-electron chi connectivity index (χ1n) is 12.2. The lowest BCUT2D eigenvalue weighted by atomic mass is 9.94. The summed E-state index contributed by atoms with van der Waals surface area (Å²) in [5.74, 6) is 0.494. The van der Waals surface area contributed by atoms with Crippen LogP contribution in [0, 0.1) is 0 Å². The average Bonchev–Trinajstić information content (AvgIpc) is 3.59. The van der Waals surface area contributed by atoms with Crippen LogP contribution in [0.1, 0.15) is 40.2 Å². The second-order valence-electron chi connectivity index (χ2n) is 9.00. The van der Waals surface area contributed by atoms with Crippen molar-refractivity contribution >= 4 is 58.2 Å².